The smallest absolute Gasteiger partial charge is 0.249 e. The molecule has 23 heavy (non-hydrogen) atoms. The third-order valence-electron chi connectivity index (χ3n) is 5.34. The molecule has 1 amide bonds. The van der Waals surface area contributed by atoms with E-state index in [1.54, 1.807) is 7.11 Å². The van der Waals surface area contributed by atoms with Crippen molar-refractivity contribution < 1.29 is 14.3 Å². The normalized spacial score (nSPS) is 23.4. The minimum absolute atomic E-state index is 0.0597. The summed E-state index contributed by atoms with van der Waals surface area (Å²) in [4.78, 5) is 12.4. The number of methoxy groups -OCH3 is 1. The topological polar surface area (TPSA) is 47.6 Å². The molecule has 1 aromatic carbocycles. The van der Waals surface area contributed by atoms with E-state index in [4.69, 9.17) is 9.47 Å². The number of carbonyl (C=O) groups excluding carboxylic acids is 1. The van der Waals surface area contributed by atoms with Crippen LogP contribution < -0.4 is 10.1 Å². The monoisotopic (exact) mass is 317 g/mol. The number of benzene rings is 1. The molecule has 1 heterocycles. The van der Waals surface area contributed by atoms with Gasteiger partial charge in [0.15, 0.2) is 0 Å². The molecule has 4 heteroatoms. The Morgan fingerprint density at radius 3 is 2.57 bits per heavy atom. The van der Waals surface area contributed by atoms with Crippen molar-refractivity contribution in [1.82, 2.24) is 5.32 Å². The van der Waals surface area contributed by atoms with Gasteiger partial charge in [0.05, 0.1) is 7.11 Å². The van der Waals surface area contributed by atoms with Crippen LogP contribution in [0.3, 0.4) is 0 Å². The fourth-order valence-corrected chi connectivity index (χ4v) is 3.88. The van der Waals surface area contributed by atoms with Crippen LogP contribution in [-0.2, 0) is 14.9 Å². The van der Waals surface area contributed by atoms with E-state index in [1.165, 1.54) is 18.4 Å². The van der Waals surface area contributed by atoms with Crippen molar-refractivity contribution in [2.24, 2.45) is 0 Å². The van der Waals surface area contributed by atoms with E-state index < -0.39 is 0 Å². The van der Waals surface area contributed by atoms with Crippen LogP contribution in [-0.4, -0.2) is 32.3 Å². The highest BCUT2D eigenvalue weighted by Gasteiger charge is 2.36. The van der Waals surface area contributed by atoms with Crippen molar-refractivity contribution in [3.63, 3.8) is 0 Å². The minimum atomic E-state index is -0.252. The number of ether oxygens (including phenoxy) is 2. The van der Waals surface area contributed by atoms with Crippen molar-refractivity contribution in [2.45, 2.75) is 56.5 Å². The predicted octanol–water partition coefficient (Wildman–Crippen LogP) is 3.19. The molecule has 4 nitrogen and oxygen atoms in total. The second kappa shape index (κ2) is 7.35. The van der Waals surface area contributed by atoms with E-state index in [-0.39, 0.29) is 17.4 Å². The lowest BCUT2D eigenvalue weighted by molar-refractivity contribution is -0.135. The van der Waals surface area contributed by atoms with Crippen molar-refractivity contribution in [1.29, 1.82) is 0 Å². The van der Waals surface area contributed by atoms with Gasteiger partial charge in [-0.3, -0.25) is 4.79 Å². The Morgan fingerprint density at radius 1 is 1.22 bits per heavy atom. The van der Waals surface area contributed by atoms with Crippen molar-refractivity contribution >= 4 is 5.91 Å². The predicted molar refractivity (Wildman–Crippen MR) is 89.7 cm³/mol. The molecule has 1 saturated carbocycles. The van der Waals surface area contributed by atoms with E-state index in [0.29, 0.717) is 13.2 Å². The van der Waals surface area contributed by atoms with Gasteiger partial charge in [0.25, 0.3) is 0 Å². The van der Waals surface area contributed by atoms with Gasteiger partial charge in [0, 0.05) is 18.6 Å². The Balaban J connectivity index is 1.66. The first-order valence-electron chi connectivity index (χ1n) is 8.77. The van der Waals surface area contributed by atoms with Crippen molar-refractivity contribution in [3.8, 4) is 5.75 Å². The molecule has 0 aromatic heterocycles. The minimum Gasteiger partial charge on any atom is -0.497 e. The van der Waals surface area contributed by atoms with Crippen LogP contribution in [0.4, 0.5) is 0 Å². The number of amides is 1. The Hall–Kier alpha value is -1.55. The third kappa shape index (κ3) is 3.69. The molecule has 1 aliphatic heterocycles. The highest BCUT2D eigenvalue weighted by atomic mass is 16.5. The zero-order valence-corrected chi connectivity index (χ0v) is 14.0. The Labute approximate surface area is 138 Å². The van der Waals surface area contributed by atoms with Crippen LogP contribution in [0.5, 0.6) is 5.75 Å². The standard InChI is InChI=1S/C19H27NO3/c1-22-16-9-7-15(8-10-16)19(11-3-4-12-19)14-20-18(21)17-6-2-5-13-23-17/h7-10,17H,2-6,11-14H2,1H3,(H,20,21)/t17-/m0/s1. The largest absolute Gasteiger partial charge is 0.497 e. The molecule has 2 fully saturated rings. The second-order valence-electron chi connectivity index (χ2n) is 6.79. The molecular weight excluding hydrogens is 290 g/mol. The summed E-state index contributed by atoms with van der Waals surface area (Å²) in [5.74, 6) is 0.936. The molecular formula is C19H27NO3. The fraction of sp³-hybridized carbons (Fsp3) is 0.632. The molecule has 2 aliphatic rings. The van der Waals surface area contributed by atoms with E-state index in [9.17, 15) is 4.79 Å². The third-order valence-corrected chi connectivity index (χ3v) is 5.34. The number of carbonyl (C=O) groups is 1. The van der Waals surface area contributed by atoms with Gasteiger partial charge < -0.3 is 14.8 Å². The number of nitrogens with one attached hydrogen (secondary N) is 1. The quantitative estimate of drug-likeness (QED) is 0.907. The summed E-state index contributed by atoms with van der Waals surface area (Å²) >= 11 is 0. The van der Waals surface area contributed by atoms with E-state index in [0.717, 1.165) is 37.9 Å². The molecule has 0 spiro atoms. The van der Waals surface area contributed by atoms with Crippen LogP contribution in [0, 0.1) is 0 Å². The van der Waals surface area contributed by atoms with Crippen LogP contribution in [0.1, 0.15) is 50.5 Å². The maximum absolute atomic E-state index is 12.4. The van der Waals surface area contributed by atoms with Gasteiger partial charge in [-0.05, 0) is 49.8 Å². The average Bonchev–Trinajstić information content (AvgIpc) is 3.11. The first kappa shape index (κ1) is 16.3. The molecule has 1 N–H and O–H groups in total. The molecule has 126 valence electrons. The number of hydrogen-bond acceptors (Lipinski definition) is 3. The zero-order chi connectivity index (χ0) is 16.1. The van der Waals surface area contributed by atoms with E-state index >= 15 is 0 Å². The lowest BCUT2D eigenvalue weighted by atomic mass is 9.78. The van der Waals surface area contributed by atoms with Crippen LogP contribution in [0.2, 0.25) is 0 Å². The molecule has 1 aromatic rings. The second-order valence-corrected chi connectivity index (χ2v) is 6.79. The molecule has 1 saturated heterocycles. The molecule has 0 radical (unpaired) electrons. The van der Waals surface area contributed by atoms with Gasteiger partial charge in [0.1, 0.15) is 11.9 Å². The molecule has 3 rings (SSSR count). The SMILES string of the molecule is COc1ccc(C2(CNC(=O)[C@@H]3CCCCO3)CCCC2)cc1. The summed E-state index contributed by atoms with van der Waals surface area (Å²) in [6, 6.07) is 8.32. The number of hydrogen-bond donors (Lipinski definition) is 1. The zero-order valence-electron chi connectivity index (χ0n) is 14.0. The van der Waals surface area contributed by atoms with Gasteiger partial charge >= 0.3 is 0 Å². The molecule has 1 atom stereocenters. The van der Waals surface area contributed by atoms with Crippen LogP contribution in [0.25, 0.3) is 0 Å². The first-order chi connectivity index (χ1) is 11.2. The van der Waals surface area contributed by atoms with Crippen molar-refractivity contribution in [2.75, 3.05) is 20.3 Å². The number of rotatable bonds is 5. The highest BCUT2D eigenvalue weighted by Crippen LogP contribution is 2.41. The molecule has 0 unspecified atom stereocenters. The maximum Gasteiger partial charge on any atom is 0.249 e. The Kier molecular flexibility index (Phi) is 5.21. The summed E-state index contributed by atoms with van der Waals surface area (Å²) < 4.78 is 10.9. The van der Waals surface area contributed by atoms with E-state index in [2.05, 4.69) is 17.4 Å². The van der Waals surface area contributed by atoms with Gasteiger partial charge in [-0.2, -0.15) is 0 Å². The van der Waals surface area contributed by atoms with Gasteiger partial charge in [0.2, 0.25) is 5.91 Å². The van der Waals surface area contributed by atoms with Gasteiger partial charge in [-0.1, -0.05) is 25.0 Å². The highest BCUT2D eigenvalue weighted by molar-refractivity contribution is 5.81. The summed E-state index contributed by atoms with van der Waals surface area (Å²) in [7, 11) is 1.69. The van der Waals surface area contributed by atoms with Crippen LogP contribution >= 0.6 is 0 Å². The van der Waals surface area contributed by atoms with Gasteiger partial charge in [-0.15, -0.1) is 0 Å². The molecule has 0 bridgehead atoms. The van der Waals surface area contributed by atoms with Crippen molar-refractivity contribution in [3.05, 3.63) is 29.8 Å². The molecule has 1 aliphatic carbocycles. The summed E-state index contributed by atoms with van der Waals surface area (Å²) in [6.07, 6.45) is 7.46. The van der Waals surface area contributed by atoms with Crippen LogP contribution in [0.15, 0.2) is 24.3 Å². The Morgan fingerprint density at radius 2 is 1.96 bits per heavy atom. The summed E-state index contributed by atoms with van der Waals surface area (Å²) in [6.45, 7) is 1.42. The first-order valence-corrected chi connectivity index (χ1v) is 8.77. The maximum atomic E-state index is 12.4. The summed E-state index contributed by atoms with van der Waals surface area (Å²) in [5, 5.41) is 3.17. The average molecular weight is 317 g/mol. The summed E-state index contributed by atoms with van der Waals surface area (Å²) in [5.41, 5.74) is 1.37. The fourth-order valence-electron chi connectivity index (χ4n) is 3.88. The lowest BCUT2D eigenvalue weighted by Crippen LogP contribution is -2.44. The Bertz CT molecular complexity index is 514. The van der Waals surface area contributed by atoms with E-state index in [1.807, 2.05) is 12.1 Å². The lowest BCUT2D eigenvalue weighted by Gasteiger charge is -2.31. The van der Waals surface area contributed by atoms with Gasteiger partial charge in [-0.25, -0.2) is 0 Å².